The molecule has 0 saturated heterocycles. The van der Waals surface area contributed by atoms with Gasteiger partial charge in [-0.15, -0.1) is 0 Å². The Labute approximate surface area is 136 Å². The van der Waals surface area contributed by atoms with Gasteiger partial charge in [0.05, 0.1) is 21.2 Å². The highest BCUT2D eigenvalue weighted by Gasteiger charge is 2.21. The first kappa shape index (κ1) is 16.5. The average molecular weight is 361 g/mol. The van der Waals surface area contributed by atoms with Crippen molar-refractivity contribution in [3.63, 3.8) is 0 Å². The van der Waals surface area contributed by atoms with Crippen LogP contribution in [0.2, 0.25) is 10.0 Å². The Kier molecular flexibility index (Phi) is 4.60. The molecule has 2 rings (SSSR count). The maximum Gasteiger partial charge on any atom is 0.274 e. The van der Waals surface area contributed by atoms with Crippen LogP contribution in [-0.2, 0) is 10.0 Å². The molecule has 0 aliphatic heterocycles. The van der Waals surface area contributed by atoms with Crippen molar-refractivity contribution in [2.75, 3.05) is 4.72 Å². The van der Waals surface area contributed by atoms with Gasteiger partial charge in [0.1, 0.15) is 4.90 Å². The van der Waals surface area contributed by atoms with Crippen LogP contribution in [0.25, 0.3) is 0 Å². The second kappa shape index (κ2) is 6.12. The highest BCUT2D eigenvalue weighted by Crippen LogP contribution is 2.30. The maximum absolute atomic E-state index is 12.4. The molecule has 6 nitrogen and oxygen atoms in total. The molecular weight excluding hydrogens is 351 g/mol. The van der Waals surface area contributed by atoms with Gasteiger partial charge in [-0.25, -0.2) is 8.42 Å². The molecule has 2 aromatic carbocycles. The number of nitro groups is 1. The van der Waals surface area contributed by atoms with Gasteiger partial charge in [0.25, 0.3) is 15.7 Å². The number of benzene rings is 2. The molecule has 0 unspecified atom stereocenters. The molecule has 1 N–H and O–H groups in total. The van der Waals surface area contributed by atoms with E-state index >= 15 is 0 Å². The van der Waals surface area contributed by atoms with Gasteiger partial charge in [0, 0.05) is 11.1 Å². The van der Waals surface area contributed by atoms with Gasteiger partial charge < -0.3 is 0 Å². The molecule has 0 saturated carbocycles. The molecule has 0 atom stereocenters. The lowest BCUT2D eigenvalue weighted by Crippen LogP contribution is -2.14. The molecular formula is C13H10Cl2N2O4S. The van der Waals surface area contributed by atoms with Gasteiger partial charge in [-0.3, -0.25) is 14.8 Å². The highest BCUT2D eigenvalue weighted by molar-refractivity contribution is 7.92. The van der Waals surface area contributed by atoms with Crippen LogP contribution in [-0.4, -0.2) is 13.3 Å². The zero-order valence-electron chi connectivity index (χ0n) is 11.2. The first-order chi connectivity index (χ1) is 10.2. The van der Waals surface area contributed by atoms with Crippen molar-refractivity contribution in [1.29, 1.82) is 0 Å². The van der Waals surface area contributed by atoms with Crippen molar-refractivity contribution in [3.8, 4) is 0 Å². The molecule has 0 bridgehead atoms. The Bertz CT molecular complexity index is 853. The molecule has 0 amide bonds. The quantitative estimate of drug-likeness (QED) is 0.658. The first-order valence-corrected chi connectivity index (χ1v) is 8.18. The summed E-state index contributed by atoms with van der Waals surface area (Å²) in [6.45, 7) is 1.45. The number of hydrogen-bond donors (Lipinski definition) is 1. The van der Waals surface area contributed by atoms with Crippen LogP contribution in [0, 0.1) is 17.0 Å². The van der Waals surface area contributed by atoms with Gasteiger partial charge >= 0.3 is 0 Å². The summed E-state index contributed by atoms with van der Waals surface area (Å²) < 4.78 is 27.1. The fraction of sp³-hybridized carbons (Fsp3) is 0.0769. The summed E-state index contributed by atoms with van der Waals surface area (Å²) in [5.74, 6) is 0. The van der Waals surface area contributed by atoms with Crippen molar-refractivity contribution in [2.45, 2.75) is 11.8 Å². The lowest BCUT2D eigenvalue weighted by molar-refractivity contribution is -0.385. The van der Waals surface area contributed by atoms with Crippen LogP contribution >= 0.6 is 23.2 Å². The molecule has 0 fully saturated rings. The number of nitrogens with one attached hydrogen (secondary N) is 1. The number of rotatable bonds is 4. The van der Waals surface area contributed by atoms with Gasteiger partial charge in [0.2, 0.25) is 0 Å². The minimum atomic E-state index is -4.02. The Morgan fingerprint density at radius 2 is 1.86 bits per heavy atom. The predicted molar refractivity (Wildman–Crippen MR) is 85.1 cm³/mol. The molecule has 0 aliphatic rings. The van der Waals surface area contributed by atoms with E-state index in [-0.39, 0.29) is 31.9 Å². The normalized spacial score (nSPS) is 11.2. The molecule has 9 heteroatoms. The van der Waals surface area contributed by atoms with E-state index in [0.717, 1.165) is 0 Å². The van der Waals surface area contributed by atoms with E-state index in [9.17, 15) is 18.5 Å². The summed E-state index contributed by atoms with van der Waals surface area (Å²) in [5, 5.41) is 11.1. The van der Waals surface area contributed by atoms with Gasteiger partial charge in [-0.2, -0.15) is 0 Å². The van der Waals surface area contributed by atoms with Gasteiger partial charge in [-0.05, 0) is 31.2 Å². The number of anilines is 1. The maximum atomic E-state index is 12.4. The largest absolute Gasteiger partial charge is 0.279 e. The van der Waals surface area contributed by atoms with Gasteiger partial charge in [-0.1, -0.05) is 29.3 Å². The molecule has 0 spiro atoms. The minimum Gasteiger partial charge on any atom is -0.279 e. The molecule has 0 aliphatic carbocycles. The van der Waals surface area contributed by atoms with Crippen LogP contribution in [0.3, 0.4) is 0 Å². The van der Waals surface area contributed by atoms with E-state index in [1.807, 2.05) is 0 Å². The second-order valence-electron chi connectivity index (χ2n) is 4.39. The SMILES string of the molecule is Cc1c(NS(=O)(=O)c2cc(Cl)ccc2Cl)cccc1[N+](=O)[O-]. The van der Waals surface area contributed by atoms with E-state index in [1.165, 1.54) is 43.3 Å². The Morgan fingerprint density at radius 3 is 2.50 bits per heavy atom. The number of nitrogens with zero attached hydrogens (tertiary/aromatic N) is 1. The van der Waals surface area contributed by atoms with Crippen LogP contribution in [0.4, 0.5) is 11.4 Å². The Morgan fingerprint density at radius 1 is 1.18 bits per heavy atom. The van der Waals surface area contributed by atoms with Crippen LogP contribution in [0.15, 0.2) is 41.3 Å². The third-order valence-electron chi connectivity index (χ3n) is 2.93. The third kappa shape index (κ3) is 3.32. The fourth-order valence-corrected chi connectivity index (χ4v) is 3.70. The standard InChI is InChI=1S/C13H10Cl2N2O4S/c1-8-11(3-2-4-12(8)17(18)19)16-22(20,21)13-7-9(14)5-6-10(13)15/h2-7,16H,1H3. The van der Waals surface area contributed by atoms with Gasteiger partial charge in [0.15, 0.2) is 0 Å². The number of nitro benzene ring substituents is 1. The lowest BCUT2D eigenvalue weighted by atomic mass is 10.2. The molecule has 0 radical (unpaired) electrons. The van der Waals surface area contributed by atoms with E-state index in [2.05, 4.69) is 4.72 Å². The van der Waals surface area contributed by atoms with Crippen LogP contribution in [0.5, 0.6) is 0 Å². The zero-order valence-corrected chi connectivity index (χ0v) is 13.5. The summed E-state index contributed by atoms with van der Waals surface area (Å²) in [6.07, 6.45) is 0. The summed E-state index contributed by atoms with van der Waals surface area (Å²) in [7, 11) is -4.02. The van der Waals surface area contributed by atoms with Crippen molar-refractivity contribution in [3.05, 3.63) is 62.1 Å². The van der Waals surface area contributed by atoms with E-state index in [0.29, 0.717) is 0 Å². The van der Waals surface area contributed by atoms with Crippen molar-refractivity contribution in [2.24, 2.45) is 0 Å². The predicted octanol–water partition coefficient (Wildman–Crippen LogP) is 4.01. The smallest absolute Gasteiger partial charge is 0.274 e. The van der Waals surface area contributed by atoms with E-state index in [1.54, 1.807) is 0 Å². The zero-order chi connectivity index (χ0) is 16.5. The Hall–Kier alpha value is -1.83. The topological polar surface area (TPSA) is 89.3 Å². The van der Waals surface area contributed by atoms with E-state index < -0.39 is 14.9 Å². The summed E-state index contributed by atoms with van der Waals surface area (Å²) in [4.78, 5) is 10.1. The second-order valence-corrected chi connectivity index (χ2v) is 6.88. The van der Waals surface area contributed by atoms with Crippen molar-refractivity contribution in [1.82, 2.24) is 0 Å². The Balaban J connectivity index is 2.48. The number of halogens is 2. The molecule has 22 heavy (non-hydrogen) atoms. The fourth-order valence-electron chi connectivity index (χ4n) is 1.81. The lowest BCUT2D eigenvalue weighted by Gasteiger charge is -2.12. The number of hydrogen-bond acceptors (Lipinski definition) is 4. The highest BCUT2D eigenvalue weighted by atomic mass is 35.5. The van der Waals surface area contributed by atoms with Crippen molar-refractivity contribution >= 4 is 44.6 Å². The minimum absolute atomic E-state index is 0.0000149. The molecule has 0 heterocycles. The molecule has 2 aromatic rings. The first-order valence-electron chi connectivity index (χ1n) is 5.94. The number of sulfonamides is 1. The van der Waals surface area contributed by atoms with Crippen LogP contribution in [0.1, 0.15) is 5.56 Å². The third-order valence-corrected chi connectivity index (χ3v) is 5.01. The summed E-state index contributed by atoms with van der Waals surface area (Å²) in [5.41, 5.74) is 0.122. The average Bonchev–Trinajstić information content (AvgIpc) is 2.43. The molecule has 0 aromatic heterocycles. The van der Waals surface area contributed by atoms with Crippen molar-refractivity contribution < 1.29 is 13.3 Å². The van der Waals surface area contributed by atoms with E-state index in [4.69, 9.17) is 23.2 Å². The summed E-state index contributed by atoms with van der Waals surface area (Å²) in [6, 6.07) is 8.14. The molecule has 116 valence electrons. The summed E-state index contributed by atoms with van der Waals surface area (Å²) >= 11 is 11.7. The van der Waals surface area contributed by atoms with Crippen LogP contribution < -0.4 is 4.72 Å². The monoisotopic (exact) mass is 360 g/mol.